The predicted molar refractivity (Wildman–Crippen MR) is 102 cm³/mol. The highest BCUT2D eigenvalue weighted by atomic mass is 35.5. The lowest BCUT2D eigenvalue weighted by molar-refractivity contribution is 0.871. The van der Waals surface area contributed by atoms with Crippen molar-refractivity contribution in [2.45, 2.75) is 0 Å². The fourth-order valence-corrected chi connectivity index (χ4v) is 3.01. The number of nitrogens with zero attached hydrogens (tertiary/aromatic N) is 3. The number of aromatic nitrogens is 3. The van der Waals surface area contributed by atoms with E-state index in [1.807, 2.05) is 0 Å². The molecular formula is C15H8Cl4N4S. The van der Waals surface area contributed by atoms with Crippen LogP contribution in [0.1, 0.15) is 5.56 Å². The number of hydrogen-bond donors (Lipinski definition) is 1. The van der Waals surface area contributed by atoms with Gasteiger partial charge in [0.15, 0.2) is 5.82 Å². The van der Waals surface area contributed by atoms with Crippen molar-refractivity contribution in [2.24, 2.45) is 5.10 Å². The minimum atomic E-state index is 0.311. The first-order chi connectivity index (χ1) is 11.5. The van der Waals surface area contributed by atoms with Crippen LogP contribution in [-0.2, 0) is 0 Å². The van der Waals surface area contributed by atoms with Gasteiger partial charge in [0.25, 0.3) is 0 Å². The topological polar surface area (TPSA) is 46.0 Å². The monoisotopic (exact) mass is 416 g/mol. The lowest BCUT2D eigenvalue weighted by atomic mass is 10.2. The molecule has 1 heterocycles. The third-order valence-electron chi connectivity index (χ3n) is 3.12. The van der Waals surface area contributed by atoms with Crippen molar-refractivity contribution in [1.82, 2.24) is 14.9 Å². The summed E-state index contributed by atoms with van der Waals surface area (Å²) in [5, 5.41) is 13.0. The highest BCUT2D eigenvalue weighted by Gasteiger charge is 2.12. The minimum absolute atomic E-state index is 0.311. The van der Waals surface area contributed by atoms with Crippen LogP contribution < -0.4 is 0 Å². The van der Waals surface area contributed by atoms with Gasteiger partial charge in [0.05, 0.1) is 21.3 Å². The molecule has 3 rings (SSSR count). The van der Waals surface area contributed by atoms with E-state index >= 15 is 0 Å². The molecule has 1 aromatic heterocycles. The molecule has 0 spiro atoms. The molecule has 24 heavy (non-hydrogen) atoms. The molecule has 3 aromatic rings. The Kier molecular flexibility index (Phi) is 5.27. The summed E-state index contributed by atoms with van der Waals surface area (Å²) in [5.74, 6) is 0.455. The van der Waals surface area contributed by atoms with Gasteiger partial charge in [-0.25, -0.2) is 5.10 Å². The van der Waals surface area contributed by atoms with Crippen molar-refractivity contribution < 1.29 is 0 Å². The zero-order valence-electron chi connectivity index (χ0n) is 11.8. The third-order valence-corrected chi connectivity index (χ3v) is 4.76. The number of H-pyrrole nitrogens is 1. The van der Waals surface area contributed by atoms with Crippen molar-refractivity contribution in [1.29, 1.82) is 0 Å². The average molecular weight is 418 g/mol. The van der Waals surface area contributed by atoms with E-state index in [-0.39, 0.29) is 0 Å². The second-order valence-corrected chi connectivity index (χ2v) is 6.69. The molecule has 4 nitrogen and oxygen atoms in total. The van der Waals surface area contributed by atoms with Gasteiger partial charge in [-0.15, -0.1) is 0 Å². The molecule has 9 heteroatoms. The molecule has 122 valence electrons. The summed E-state index contributed by atoms with van der Waals surface area (Å²) in [6.45, 7) is 0. The molecule has 0 radical (unpaired) electrons. The zero-order valence-corrected chi connectivity index (χ0v) is 15.6. The van der Waals surface area contributed by atoms with Crippen LogP contribution in [0.5, 0.6) is 0 Å². The summed E-state index contributed by atoms with van der Waals surface area (Å²) in [7, 11) is 0. The normalized spacial score (nSPS) is 11.3. The first kappa shape index (κ1) is 17.5. The summed E-state index contributed by atoms with van der Waals surface area (Å²) in [5.41, 5.74) is 1.29. The van der Waals surface area contributed by atoms with Crippen LogP contribution in [0.4, 0.5) is 0 Å². The predicted octanol–water partition coefficient (Wildman–Crippen LogP) is 6.10. The van der Waals surface area contributed by atoms with Crippen molar-refractivity contribution in [2.75, 3.05) is 0 Å². The third kappa shape index (κ3) is 3.50. The van der Waals surface area contributed by atoms with E-state index in [0.717, 1.165) is 0 Å². The van der Waals surface area contributed by atoms with Gasteiger partial charge in [0, 0.05) is 16.1 Å². The SMILES string of the molecule is S=c1[nH]nc(-c2ccc(Cl)cc2Cl)n1N=Cc1cccc(Cl)c1Cl. The van der Waals surface area contributed by atoms with E-state index in [9.17, 15) is 0 Å². The molecule has 0 atom stereocenters. The van der Waals surface area contributed by atoms with Crippen LogP contribution in [0.3, 0.4) is 0 Å². The summed E-state index contributed by atoms with van der Waals surface area (Å²) in [6, 6.07) is 10.3. The Hall–Kier alpha value is -1.37. The zero-order chi connectivity index (χ0) is 17.3. The first-order valence-corrected chi connectivity index (χ1v) is 8.50. The van der Waals surface area contributed by atoms with Gasteiger partial charge in [-0.05, 0) is 36.5 Å². The van der Waals surface area contributed by atoms with Crippen molar-refractivity contribution >= 4 is 64.8 Å². The summed E-state index contributed by atoms with van der Waals surface area (Å²) in [4.78, 5) is 0. The van der Waals surface area contributed by atoms with E-state index < -0.39 is 0 Å². The second-order valence-electron chi connectivity index (χ2n) is 4.68. The number of hydrogen-bond acceptors (Lipinski definition) is 3. The Balaban J connectivity index is 2.07. The van der Waals surface area contributed by atoms with Gasteiger partial charge in [-0.1, -0.05) is 58.5 Å². The number of rotatable bonds is 3. The number of halogens is 4. The molecule has 0 amide bonds. The van der Waals surface area contributed by atoms with E-state index in [1.54, 1.807) is 42.6 Å². The Labute approximate surface area is 162 Å². The van der Waals surface area contributed by atoms with E-state index in [0.29, 0.717) is 41.8 Å². The summed E-state index contributed by atoms with van der Waals surface area (Å²) >= 11 is 29.5. The van der Waals surface area contributed by atoms with Gasteiger partial charge in [0.2, 0.25) is 4.77 Å². The maximum atomic E-state index is 6.23. The average Bonchev–Trinajstić information content (AvgIpc) is 2.90. The second kappa shape index (κ2) is 7.25. The van der Waals surface area contributed by atoms with Crippen LogP contribution in [0, 0.1) is 4.77 Å². The minimum Gasteiger partial charge on any atom is -0.250 e. The summed E-state index contributed by atoms with van der Waals surface area (Å²) < 4.78 is 1.76. The van der Waals surface area contributed by atoms with Gasteiger partial charge in [-0.3, -0.25) is 0 Å². The van der Waals surface area contributed by atoms with Crippen LogP contribution in [0.15, 0.2) is 41.5 Å². The highest BCUT2D eigenvalue weighted by Crippen LogP contribution is 2.29. The van der Waals surface area contributed by atoms with Crippen LogP contribution in [0.25, 0.3) is 11.4 Å². The van der Waals surface area contributed by atoms with E-state index in [1.165, 1.54) is 4.68 Å². The molecule has 0 bridgehead atoms. The maximum Gasteiger partial charge on any atom is 0.216 e. The fraction of sp³-hybridized carbons (Fsp3) is 0. The fourth-order valence-electron chi connectivity index (χ4n) is 1.98. The molecule has 2 aromatic carbocycles. The van der Waals surface area contributed by atoms with Gasteiger partial charge < -0.3 is 0 Å². The van der Waals surface area contributed by atoms with Crippen LogP contribution in [0.2, 0.25) is 20.1 Å². The molecule has 1 N–H and O–H groups in total. The largest absolute Gasteiger partial charge is 0.250 e. The number of nitrogens with one attached hydrogen (secondary N) is 1. The Bertz CT molecular complexity index is 993. The van der Waals surface area contributed by atoms with E-state index in [4.69, 9.17) is 58.6 Å². The van der Waals surface area contributed by atoms with Crippen molar-refractivity contribution in [3.8, 4) is 11.4 Å². The lowest BCUT2D eigenvalue weighted by Gasteiger charge is -2.04. The van der Waals surface area contributed by atoms with Crippen molar-refractivity contribution in [3.63, 3.8) is 0 Å². The van der Waals surface area contributed by atoms with Crippen molar-refractivity contribution in [3.05, 3.63) is 66.8 Å². The molecule has 0 aliphatic carbocycles. The molecular weight excluding hydrogens is 410 g/mol. The number of benzene rings is 2. The maximum absolute atomic E-state index is 6.23. The van der Waals surface area contributed by atoms with E-state index in [2.05, 4.69) is 15.3 Å². The molecule has 0 saturated carbocycles. The molecule has 0 fully saturated rings. The molecule has 0 aliphatic rings. The molecule has 0 unspecified atom stereocenters. The lowest BCUT2D eigenvalue weighted by Crippen LogP contribution is -1.96. The van der Waals surface area contributed by atoms with Gasteiger partial charge in [-0.2, -0.15) is 14.9 Å². The standard InChI is InChI=1S/C15H8Cl4N4S/c16-9-4-5-10(12(18)6-9)14-21-22-15(24)23(14)20-7-8-2-1-3-11(17)13(8)19/h1-7H,(H,22,24). The Morgan fingerprint density at radius 1 is 1.08 bits per heavy atom. The van der Waals surface area contributed by atoms with Crippen LogP contribution >= 0.6 is 58.6 Å². The molecule has 0 aliphatic heterocycles. The summed E-state index contributed by atoms with van der Waals surface area (Å²) in [6.07, 6.45) is 1.55. The Morgan fingerprint density at radius 2 is 1.88 bits per heavy atom. The van der Waals surface area contributed by atoms with Gasteiger partial charge >= 0.3 is 0 Å². The number of aromatic amines is 1. The first-order valence-electron chi connectivity index (χ1n) is 6.58. The van der Waals surface area contributed by atoms with Gasteiger partial charge in [0.1, 0.15) is 0 Å². The Morgan fingerprint density at radius 3 is 2.62 bits per heavy atom. The smallest absolute Gasteiger partial charge is 0.216 e. The highest BCUT2D eigenvalue weighted by molar-refractivity contribution is 7.71. The molecule has 0 saturated heterocycles. The quantitative estimate of drug-likeness (QED) is 0.413. The van der Waals surface area contributed by atoms with Crippen LogP contribution in [-0.4, -0.2) is 21.1 Å².